The van der Waals surface area contributed by atoms with Gasteiger partial charge in [-0.05, 0) is 24.7 Å². The van der Waals surface area contributed by atoms with Gasteiger partial charge in [-0.3, -0.25) is 4.99 Å². The Morgan fingerprint density at radius 2 is 1.96 bits per heavy atom. The molecule has 2 saturated heterocycles. The van der Waals surface area contributed by atoms with Crippen LogP contribution in [0.4, 0.5) is 0 Å². The fraction of sp³-hybridized carbons (Fsp3) is 0.941. The maximum Gasteiger partial charge on any atom is 0.215 e. The Kier molecular flexibility index (Phi) is 10.6. The van der Waals surface area contributed by atoms with Crippen molar-refractivity contribution in [3.05, 3.63) is 0 Å². The lowest BCUT2D eigenvalue weighted by molar-refractivity contribution is 0.143. The van der Waals surface area contributed by atoms with Crippen molar-refractivity contribution < 1.29 is 8.42 Å². The van der Waals surface area contributed by atoms with E-state index in [9.17, 15) is 8.42 Å². The number of rotatable bonds is 6. The molecule has 1 unspecified atom stereocenters. The van der Waals surface area contributed by atoms with Gasteiger partial charge in [0.05, 0.1) is 5.75 Å². The summed E-state index contributed by atoms with van der Waals surface area (Å²) < 4.78 is 26.5. The molecule has 154 valence electrons. The number of hydrogen-bond donors (Lipinski definition) is 1. The van der Waals surface area contributed by atoms with Gasteiger partial charge in [-0.15, -0.1) is 24.0 Å². The van der Waals surface area contributed by atoms with Gasteiger partial charge in [0.15, 0.2) is 5.96 Å². The summed E-state index contributed by atoms with van der Waals surface area (Å²) in [5, 5.41) is 3.28. The van der Waals surface area contributed by atoms with Gasteiger partial charge in [-0.1, -0.05) is 20.3 Å². The molecule has 2 aliphatic rings. The first-order chi connectivity index (χ1) is 11.9. The lowest BCUT2D eigenvalue weighted by atomic mass is 9.78. The smallest absolute Gasteiger partial charge is 0.215 e. The number of thioether (sulfide) groups is 1. The van der Waals surface area contributed by atoms with Gasteiger partial charge in [0.1, 0.15) is 0 Å². The van der Waals surface area contributed by atoms with Crippen LogP contribution in [-0.4, -0.2) is 80.6 Å². The molecule has 2 aliphatic heterocycles. The molecule has 0 aromatic rings. The Hall–Kier alpha value is 0.260. The molecule has 0 bridgehead atoms. The third-order valence-electron chi connectivity index (χ3n) is 5.15. The summed E-state index contributed by atoms with van der Waals surface area (Å²) in [5.41, 5.74) is 0.335. The number of nitrogens with one attached hydrogen (secondary N) is 1. The number of sulfonamides is 1. The number of halogens is 1. The number of hydrogen-bond acceptors (Lipinski definition) is 4. The second-order valence-electron chi connectivity index (χ2n) is 7.39. The molecule has 0 spiro atoms. The van der Waals surface area contributed by atoms with E-state index in [-0.39, 0.29) is 29.7 Å². The fourth-order valence-electron chi connectivity index (χ4n) is 3.88. The highest BCUT2D eigenvalue weighted by molar-refractivity contribution is 14.0. The van der Waals surface area contributed by atoms with Gasteiger partial charge >= 0.3 is 0 Å². The predicted octanol–water partition coefficient (Wildman–Crippen LogP) is 2.46. The van der Waals surface area contributed by atoms with Crippen molar-refractivity contribution in [1.82, 2.24) is 14.5 Å². The summed E-state index contributed by atoms with van der Waals surface area (Å²) in [4.78, 5) is 6.68. The maximum absolute atomic E-state index is 12.4. The van der Waals surface area contributed by atoms with Crippen molar-refractivity contribution in [3.8, 4) is 0 Å². The summed E-state index contributed by atoms with van der Waals surface area (Å²) in [6, 6.07) is 0. The van der Waals surface area contributed by atoms with Crippen LogP contribution in [0, 0.1) is 5.41 Å². The van der Waals surface area contributed by atoms with Crippen molar-refractivity contribution in [3.63, 3.8) is 0 Å². The third-order valence-corrected chi connectivity index (χ3v) is 7.97. The zero-order valence-corrected chi connectivity index (χ0v) is 20.3. The van der Waals surface area contributed by atoms with Gasteiger partial charge in [0.2, 0.25) is 10.0 Å². The minimum atomic E-state index is -3.17. The molecule has 0 amide bonds. The quantitative estimate of drug-likeness (QED) is 0.333. The highest BCUT2D eigenvalue weighted by Gasteiger charge is 2.31. The molecule has 6 nitrogen and oxygen atoms in total. The zero-order chi connectivity index (χ0) is 18.3. The topological polar surface area (TPSA) is 65.0 Å². The molecule has 1 N–H and O–H groups in total. The van der Waals surface area contributed by atoms with Crippen LogP contribution >= 0.6 is 35.7 Å². The molecule has 1 atom stereocenters. The van der Waals surface area contributed by atoms with E-state index in [1.54, 1.807) is 11.4 Å². The van der Waals surface area contributed by atoms with Crippen LogP contribution < -0.4 is 5.32 Å². The van der Waals surface area contributed by atoms with Gasteiger partial charge in [-0.25, -0.2) is 12.7 Å². The maximum atomic E-state index is 12.4. The van der Waals surface area contributed by atoms with Gasteiger partial charge in [0, 0.05) is 51.3 Å². The Bertz CT molecular complexity index is 549. The molecule has 2 heterocycles. The summed E-state index contributed by atoms with van der Waals surface area (Å²) in [5.74, 6) is 2.78. The van der Waals surface area contributed by atoms with E-state index in [0.717, 1.165) is 30.6 Å². The van der Waals surface area contributed by atoms with E-state index >= 15 is 0 Å². The van der Waals surface area contributed by atoms with Crippen molar-refractivity contribution in [2.75, 3.05) is 57.0 Å². The number of guanidine groups is 1. The standard InChI is InChI=1S/C17H34N4O2S2.HI/c1-4-6-17(2)7-5-9-20(15-17)16(18-3)19-8-14-25(22,23)21-10-12-24-13-11-21;/h4-15H2,1-3H3,(H,18,19);1H. The van der Waals surface area contributed by atoms with E-state index in [1.807, 2.05) is 11.8 Å². The molecule has 26 heavy (non-hydrogen) atoms. The van der Waals surface area contributed by atoms with E-state index < -0.39 is 10.0 Å². The molecule has 0 aromatic heterocycles. The molecule has 2 rings (SSSR count). The Balaban J connectivity index is 0.00000338. The molecular weight excluding hydrogens is 483 g/mol. The van der Waals surface area contributed by atoms with E-state index in [0.29, 0.717) is 25.0 Å². The SMILES string of the molecule is CCCC1(C)CCCN(C(=NC)NCCS(=O)(=O)N2CCSCC2)C1.I. The first kappa shape index (κ1) is 24.3. The second kappa shape index (κ2) is 11.3. The van der Waals surface area contributed by atoms with Crippen molar-refractivity contribution in [2.45, 2.75) is 39.5 Å². The van der Waals surface area contributed by atoms with Crippen LogP contribution in [0.15, 0.2) is 4.99 Å². The lowest BCUT2D eigenvalue weighted by Gasteiger charge is -2.42. The van der Waals surface area contributed by atoms with Crippen LogP contribution in [0.2, 0.25) is 0 Å². The van der Waals surface area contributed by atoms with Crippen LogP contribution in [0.25, 0.3) is 0 Å². The van der Waals surface area contributed by atoms with Crippen molar-refractivity contribution in [2.24, 2.45) is 10.4 Å². The number of piperidine rings is 1. The Labute approximate surface area is 181 Å². The van der Waals surface area contributed by atoms with E-state index in [2.05, 4.69) is 29.1 Å². The Morgan fingerprint density at radius 1 is 1.27 bits per heavy atom. The average molecular weight is 519 g/mol. The molecule has 0 aromatic carbocycles. The van der Waals surface area contributed by atoms with Crippen LogP contribution in [0.1, 0.15) is 39.5 Å². The summed E-state index contributed by atoms with van der Waals surface area (Å²) in [6.07, 6.45) is 4.85. The van der Waals surface area contributed by atoms with Crippen LogP contribution in [0.3, 0.4) is 0 Å². The number of aliphatic imine (C=N–C) groups is 1. The molecular formula is C17H35IN4O2S2. The van der Waals surface area contributed by atoms with E-state index in [4.69, 9.17) is 0 Å². The Morgan fingerprint density at radius 3 is 2.58 bits per heavy atom. The molecule has 0 saturated carbocycles. The minimum absolute atomic E-state index is 0. The van der Waals surface area contributed by atoms with Crippen LogP contribution in [0.5, 0.6) is 0 Å². The summed E-state index contributed by atoms with van der Waals surface area (Å²) in [7, 11) is -1.38. The highest BCUT2D eigenvalue weighted by Crippen LogP contribution is 2.33. The molecule has 0 aliphatic carbocycles. The van der Waals surface area contributed by atoms with Crippen LogP contribution in [-0.2, 0) is 10.0 Å². The molecule has 0 radical (unpaired) electrons. The number of nitrogens with zero attached hydrogens (tertiary/aromatic N) is 3. The largest absolute Gasteiger partial charge is 0.355 e. The number of likely N-dealkylation sites (tertiary alicyclic amines) is 1. The summed E-state index contributed by atoms with van der Waals surface area (Å²) in [6.45, 7) is 8.29. The second-order valence-corrected chi connectivity index (χ2v) is 10.7. The molecule has 2 fully saturated rings. The lowest BCUT2D eigenvalue weighted by Crippen LogP contribution is -2.51. The fourth-order valence-corrected chi connectivity index (χ4v) is 6.37. The van der Waals surface area contributed by atoms with Crippen molar-refractivity contribution >= 4 is 51.7 Å². The predicted molar refractivity (Wildman–Crippen MR) is 123 cm³/mol. The average Bonchev–Trinajstić information content (AvgIpc) is 2.59. The van der Waals surface area contributed by atoms with Gasteiger partial charge in [-0.2, -0.15) is 11.8 Å². The zero-order valence-electron chi connectivity index (χ0n) is 16.4. The first-order valence-electron chi connectivity index (χ1n) is 9.41. The van der Waals surface area contributed by atoms with Crippen molar-refractivity contribution in [1.29, 1.82) is 0 Å². The third kappa shape index (κ3) is 7.01. The molecule has 9 heteroatoms. The normalized spacial score (nSPS) is 25.7. The first-order valence-corrected chi connectivity index (χ1v) is 12.2. The summed E-state index contributed by atoms with van der Waals surface area (Å²) >= 11 is 1.82. The van der Waals surface area contributed by atoms with E-state index in [1.165, 1.54) is 25.7 Å². The van der Waals surface area contributed by atoms with Gasteiger partial charge in [0.25, 0.3) is 0 Å². The monoisotopic (exact) mass is 518 g/mol. The highest BCUT2D eigenvalue weighted by atomic mass is 127. The van der Waals surface area contributed by atoms with Gasteiger partial charge < -0.3 is 10.2 Å². The minimum Gasteiger partial charge on any atom is -0.355 e.